The molecule has 0 N–H and O–H groups in total. The number of carbonyl (C=O) groups excluding carboxylic acids is 2. The van der Waals surface area contributed by atoms with Crippen LogP contribution in [0.2, 0.25) is 0 Å². The summed E-state index contributed by atoms with van der Waals surface area (Å²) in [5, 5.41) is 0. The minimum atomic E-state index is -0.294. The van der Waals surface area contributed by atoms with Crippen LogP contribution in [-0.2, 0) is 22.4 Å². The Morgan fingerprint density at radius 2 is 2.00 bits per heavy atom. The Morgan fingerprint density at radius 3 is 2.70 bits per heavy atom. The van der Waals surface area contributed by atoms with Crippen LogP contribution in [0.15, 0.2) is 40.9 Å². The summed E-state index contributed by atoms with van der Waals surface area (Å²) in [4.78, 5) is 24.9. The number of benzene rings is 1. The molecule has 0 spiro atoms. The Morgan fingerprint density at radius 1 is 1.20 bits per heavy atom. The van der Waals surface area contributed by atoms with Crippen molar-refractivity contribution in [1.29, 1.82) is 0 Å². The van der Waals surface area contributed by atoms with Crippen molar-refractivity contribution in [1.82, 2.24) is 0 Å². The average Bonchev–Trinajstić information content (AvgIpc) is 2.87. The number of esters is 1. The zero-order chi connectivity index (χ0) is 14.5. The highest BCUT2D eigenvalue weighted by Crippen LogP contribution is 2.20. The molecule has 0 amide bonds. The van der Waals surface area contributed by atoms with Gasteiger partial charge in [0.05, 0.1) is 18.4 Å². The topological polar surface area (TPSA) is 43.4 Å². The average molecular weight is 353 g/mol. The number of ether oxygens (including phenoxy) is 1. The number of rotatable bonds is 5. The van der Waals surface area contributed by atoms with Gasteiger partial charge >= 0.3 is 5.97 Å². The van der Waals surface area contributed by atoms with E-state index in [4.69, 9.17) is 0 Å². The van der Waals surface area contributed by atoms with E-state index < -0.39 is 0 Å². The second-order valence-corrected chi connectivity index (χ2v) is 6.33. The summed E-state index contributed by atoms with van der Waals surface area (Å²) < 4.78 is 5.57. The molecule has 1 heterocycles. The minimum Gasteiger partial charge on any atom is -0.469 e. The summed E-state index contributed by atoms with van der Waals surface area (Å²) >= 11 is 4.73. The first-order valence-electron chi connectivity index (χ1n) is 6.01. The van der Waals surface area contributed by atoms with Crippen LogP contribution in [0.1, 0.15) is 20.1 Å². The van der Waals surface area contributed by atoms with E-state index in [1.54, 1.807) is 12.1 Å². The van der Waals surface area contributed by atoms with E-state index in [2.05, 4.69) is 20.7 Å². The molecule has 1 aromatic carbocycles. The molecule has 104 valence electrons. The molecule has 0 atom stereocenters. The normalized spacial score (nSPS) is 10.3. The third-order valence-electron chi connectivity index (χ3n) is 2.74. The molecule has 0 unspecified atom stereocenters. The maximum absolute atomic E-state index is 12.2. The van der Waals surface area contributed by atoms with E-state index in [0.29, 0.717) is 11.3 Å². The number of carbonyl (C=O) groups is 2. The molecule has 0 saturated carbocycles. The minimum absolute atomic E-state index is 0.0595. The molecule has 0 radical (unpaired) electrons. The highest BCUT2D eigenvalue weighted by molar-refractivity contribution is 9.10. The molecule has 20 heavy (non-hydrogen) atoms. The van der Waals surface area contributed by atoms with Crippen molar-refractivity contribution >= 4 is 39.0 Å². The van der Waals surface area contributed by atoms with Gasteiger partial charge in [-0.05, 0) is 29.8 Å². The summed E-state index contributed by atoms with van der Waals surface area (Å²) in [6.45, 7) is 0. The first kappa shape index (κ1) is 14.9. The van der Waals surface area contributed by atoms with Crippen LogP contribution >= 0.6 is 27.3 Å². The van der Waals surface area contributed by atoms with Crippen molar-refractivity contribution in [2.45, 2.75) is 12.8 Å². The molecule has 1 aromatic heterocycles. The van der Waals surface area contributed by atoms with Crippen LogP contribution in [0.4, 0.5) is 0 Å². The van der Waals surface area contributed by atoms with Crippen molar-refractivity contribution in [3.63, 3.8) is 0 Å². The monoisotopic (exact) mass is 352 g/mol. The number of Topliss-reactive ketones (excluding diaryl/α,β-unsaturated/α-hetero) is 1. The predicted octanol–water partition coefficient (Wildman–Crippen LogP) is 3.65. The smallest absolute Gasteiger partial charge is 0.310 e. The van der Waals surface area contributed by atoms with Gasteiger partial charge in [0.1, 0.15) is 0 Å². The van der Waals surface area contributed by atoms with E-state index in [0.717, 1.165) is 14.9 Å². The number of hydrogen-bond donors (Lipinski definition) is 0. The fourth-order valence-electron chi connectivity index (χ4n) is 1.76. The van der Waals surface area contributed by atoms with E-state index >= 15 is 0 Å². The maximum atomic E-state index is 12.2. The van der Waals surface area contributed by atoms with Gasteiger partial charge in [0, 0.05) is 15.8 Å². The first-order chi connectivity index (χ1) is 9.58. The summed E-state index contributed by atoms with van der Waals surface area (Å²) in [6, 6.07) is 11.3. The molecule has 0 aliphatic carbocycles. The van der Waals surface area contributed by atoms with Crippen LogP contribution in [0.5, 0.6) is 0 Å². The lowest BCUT2D eigenvalue weighted by Crippen LogP contribution is -2.03. The highest BCUT2D eigenvalue weighted by atomic mass is 79.9. The Hall–Kier alpha value is -1.46. The van der Waals surface area contributed by atoms with Gasteiger partial charge in [-0.25, -0.2) is 0 Å². The van der Waals surface area contributed by atoms with Gasteiger partial charge < -0.3 is 4.74 Å². The van der Waals surface area contributed by atoms with Crippen LogP contribution in [0, 0.1) is 0 Å². The fourth-order valence-corrected chi connectivity index (χ4v) is 3.13. The van der Waals surface area contributed by atoms with Crippen molar-refractivity contribution in [2.75, 3.05) is 7.11 Å². The lowest BCUT2D eigenvalue weighted by Gasteiger charge is -2.00. The summed E-state index contributed by atoms with van der Waals surface area (Å²) in [7, 11) is 1.36. The van der Waals surface area contributed by atoms with Gasteiger partial charge in [-0.1, -0.05) is 28.1 Å². The van der Waals surface area contributed by atoms with Crippen LogP contribution in [-0.4, -0.2) is 18.9 Å². The van der Waals surface area contributed by atoms with Crippen molar-refractivity contribution < 1.29 is 14.3 Å². The second-order valence-electron chi connectivity index (χ2n) is 4.25. The van der Waals surface area contributed by atoms with Gasteiger partial charge in [-0.3, -0.25) is 9.59 Å². The quantitative estimate of drug-likeness (QED) is 0.609. The number of thiophene rings is 1. The molecular formula is C15H13BrO3S. The van der Waals surface area contributed by atoms with Crippen molar-refractivity contribution in [3.8, 4) is 0 Å². The lowest BCUT2D eigenvalue weighted by atomic mass is 10.1. The number of halogens is 1. The summed E-state index contributed by atoms with van der Waals surface area (Å²) in [5.74, 6) is -0.234. The Bertz CT molecular complexity index is 634. The van der Waals surface area contributed by atoms with Crippen LogP contribution in [0.25, 0.3) is 0 Å². The standard InChI is InChI=1S/C15H13BrO3S/c1-19-15(18)9-12-5-6-14(20-12)13(17)8-10-3-2-4-11(16)7-10/h2-7H,8-9H2,1H3. The molecule has 0 bridgehead atoms. The Kier molecular flexibility index (Phi) is 5.09. The van der Waals surface area contributed by atoms with Gasteiger partial charge in [0.2, 0.25) is 0 Å². The maximum Gasteiger partial charge on any atom is 0.310 e. The number of ketones is 1. The fraction of sp³-hybridized carbons (Fsp3) is 0.200. The van der Waals surface area contributed by atoms with E-state index in [9.17, 15) is 9.59 Å². The number of methoxy groups -OCH3 is 1. The molecular weight excluding hydrogens is 340 g/mol. The molecule has 2 rings (SSSR count). The second kappa shape index (κ2) is 6.81. The highest BCUT2D eigenvalue weighted by Gasteiger charge is 2.12. The largest absolute Gasteiger partial charge is 0.469 e. The lowest BCUT2D eigenvalue weighted by molar-refractivity contribution is -0.139. The molecule has 2 aromatic rings. The zero-order valence-corrected chi connectivity index (χ0v) is 13.3. The Labute approximate surface area is 129 Å². The third-order valence-corrected chi connectivity index (χ3v) is 4.36. The molecule has 0 saturated heterocycles. The van der Waals surface area contributed by atoms with E-state index in [-0.39, 0.29) is 18.2 Å². The van der Waals surface area contributed by atoms with Crippen molar-refractivity contribution in [2.24, 2.45) is 0 Å². The van der Waals surface area contributed by atoms with Gasteiger partial charge in [-0.15, -0.1) is 11.3 Å². The first-order valence-corrected chi connectivity index (χ1v) is 7.62. The Balaban J connectivity index is 2.04. The van der Waals surface area contributed by atoms with Crippen molar-refractivity contribution in [3.05, 3.63) is 56.2 Å². The number of hydrogen-bond acceptors (Lipinski definition) is 4. The van der Waals surface area contributed by atoms with Crippen LogP contribution in [0.3, 0.4) is 0 Å². The van der Waals surface area contributed by atoms with E-state index in [1.807, 2.05) is 24.3 Å². The molecule has 0 aliphatic heterocycles. The zero-order valence-electron chi connectivity index (χ0n) is 10.9. The van der Waals surface area contributed by atoms with E-state index in [1.165, 1.54) is 18.4 Å². The SMILES string of the molecule is COC(=O)Cc1ccc(C(=O)Cc2cccc(Br)c2)s1. The predicted molar refractivity (Wildman–Crippen MR) is 82.2 cm³/mol. The van der Waals surface area contributed by atoms with Gasteiger partial charge in [0.15, 0.2) is 5.78 Å². The summed E-state index contributed by atoms with van der Waals surface area (Å²) in [6.07, 6.45) is 0.572. The third kappa shape index (κ3) is 4.02. The molecule has 5 heteroatoms. The molecule has 3 nitrogen and oxygen atoms in total. The molecule has 0 fully saturated rings. The van der Waals surface area contributed by atoms with Gasteiger partial charge in [-0.2, -0.15) is 0 Å². The molecule has 0 aliphatic rings. The van der Waals surface area contributed by atoms with Crippen LogP contribution < -0.4 is 0 Å². The van der Waals surface area contributed by atoms with Gasteiger partial charge in [0.25, 0.3) is 0 Å². The summed E-state index contributed by atoms with van der Waals surface area (Å²) in [5.41, 5.74) is 0.965.